The first kappa shape index (κ1) is 20.3. The van der Waals surface area contributed by atoms with E-state index in [2.05, 4.69) is 15.5 Å². The molecule has 0 aliphatic carbocycles. The lowest BCUT2D eigenvalue weighted by Gasteiger charge is -2.34. The van der Waals surface area contributed by atoms with Gasteiger partial charge in [-0.25, -0.2) is 0 Å². The van der Waals surface area contributed by atoms with Gasteiger partial charge in [0.1, 0.15) is 27.6 Å². The van der Waals surface area contributed by atoms with Gasteiger partial charge >= 0.3 is 0 Å². The molecule has 2 aromatic heterocycles. The molecule has 1 atom stereocenters. The zero-order chi connectivity index (χ0) is 21.3. The Hall–Kier alpha value is -3.00. The SMILES string of the molecule is Cc1cc(C(=O)N2CCCCC2C(=O)Nc2cccc(-c3nnc(C)s3)c2)c(C)o1. The van der Waals surface area contributed by atoms with Crippen LogP contribution >= 0.6 is 11.3 Å². The molecule has 3 aromatic rings. The molecule has 1 saturated heterocycles. The number of aryl methyl sites for hydroxylation is 3. The first-order valence-electron chi connectivity index (χ1n) is 10.0. The van der Waals surface area contributed by atoms with Crippen molar-refractivity contribution >= 4 is 28.8 Å². The monoisotopic (exact) mass is 424 g/mol. The molecule has 0 radical (unpaired) electrons. The summed E-state index contributed by atoms with van der Waals surface area (Å²) in [5, 5.41) is 12.9. The summed E-state index contributed by atoms with van der Waals surface area (Å²) in [7, 11) is 0. The number of nitrogens with one attached hydrogen (secondary N) is 1. The molecule has 7 nitrogen and oxygen atoms in total. The highest BCUT2D eigenvalue weighted by Crippen LogP contribution is 2.27. The highest BCUT2D eigenvalue weighted by atomic mass is 32.1. The van der Waals surface area contributed by atoms with Crippen LogP contribution in [0.2, 0.25) is 0 Å². The quantitative estimate of drug-likeness (QED) is 0.672. The van der Waals surface area contributed by atoms with Crippen LogP contribution in [0.4, 0.5) is 5.69 Å². The smallest absolute Gasteiger partial charge is 0.258 e. The second-order valence-electron chi connectivity index (χ2n) is 7.53. The normalized spacial score (nSPS) is 16.5. The molecule has 0 bridgehead atoms. The van der Waals surface area contributed by atoms with Gasteiger partial charge in [-0.3, -0.25) is 9.59 Å². The largest absolute Gasteiger partial charge is 0.466 e. The molecule has 1 fully saturated rings. The summed E-state index contributed by atoms with van der Waals surface area (Å²) < 4.78 is 5.52. The predicted octanol–water partition coefficient (Wildman–Crippen LogP) is 4.36. The van der Waals surface area contributed by atoms with Gasteiger partial charge in [0.25, 0.3) is 5.91 Å². The van der Waals surface area contributed by atoms with Gasteiger partial charge in [-0.05, 0) is 58.2 Å². The number of amides is 2. The number of carbonyl (C=O) groups excluding carboxylic acids is 2. The third-order valence-corrected chi connectivity index (χ3v) is 6.13. The van der Waals surface area contributed by atoms with Crippen molar-refractivity contribution < 1.29 is 14.0 Å². The van der Waals surface area contributed by atoms with Crippen LogP contribution < -0.4 is 5.32 Å². The van der Waals surface area contributed by atoms with Gasteiger partial charge in [0, 0.05) is 17.8 Å². The maximum Gasteiger partial charge on any atom is 0.258 e. The first-order chi connectivity index (χ1) is 14.4. The van der Waals surface area contributed by atoms with Crippen LogP contribution in [0, 0.1) is 20.8 Å². The van der Waals surface area contributed by atoms with Crippen molar-refractivity contribution in [3.8, 4) is 10.6 Å². The van der Waals surface area contributed by atoms with Gasteiger partial charge in [0.2, 0.25) is 5.91 Å². The predicted molar refractivity (Wildman–Crippen MR) is 116 cm³/mol. The fraction of sp³-hybridized carbons (Fsp3) is 0.364. The zero-order valence-electron chi connectivity index (χ0n) is 17.3. The van der Waals surface area contributed by atoms with Gasteiger partial charge in [-0.2, -0.15) is 0 Å². The summed E-state index contributed by atoms with van der Waals surface area (Å²) in [4.78, 5) is 27.9. The van der Waals surface area contributed by atoms with E-state index in [-0.39, 0.29) is 11.8 Å². The molecule has 0 spiro atoms. The van der Waals surface area contributed by atoms with Crippen molar-refractivity contribution in [1.29, 1.82) is 0 Å². The summed E-state index contributed by atoms with van der Waals surface area (Å²) in [6.45, 7) is 6.06. The third kappa shape index (κ3) is 4.14. The summed E-state index contributed by atoms with van der Waals surface area (Å²) in [6, 6.07) is 8.78. The number of nitrogens with zero attached hydrogens (tertiary/aromatic N) is 3. The standard InChI is InChI=1S/C22H24N4O3S/c1-13-11-18(14(2)29-13)22(28)26-10-5-4-9-19(26)20(27)23-17-8-6-7-16(12-17)21-25-24-15(3)30-21/h6-8,11-12,19H,4-5,9-10H2,1-3H3,(H,23,27). The molecule has 1 N–H and O–H groups in total. The van der Waals surface area contributed by atoms with E-state index < -0.39 is 6.04 Å². The summed E-state index contributed by atoms with van der Waals surface area (Å²) in [5.74, 6) is 0.952. The van der Waals surface area contributed by atoms with Crippen LogP contribution in [0.1, 0.15) is 46.1 Å². The van der Waals surface area contributed by atoms with Crippen molar-refractivity contribution in [1.82, 2.24) is 15.1 Å². The first-order valence-corrected chi connectivity index (χ1v) is 10.8. The fourth-order valence-corrected chi connectivity index (χ4v) is 4.50. The molecule has 156 valence electrons. The Balaban J connectivity index is 1.53. The molecule has 0 saturated carbocycles. The molecule has 1 unspecified atom stereocenters. The Morgan fingerprint density at radius 3 is 2.70 bits per heavy atom. The van der Waals surface area contributed by atoms with E-state index in [1.807, 2.05) is 38.1 Å². The van der Waals surface area contributed by atoms with Crippen molar-refractivity contribution in [2.24, 2.45) is 0 Å². The van der Waals surface area contributed by atoms with Crippen LogP contribution in [0.25, 0.3) is 10.6 Å². The maximum atomic E-state index is 13.1. The Morgan fingerprint density at radius 1 is 1.17 bits per heavy atom. The number of likely N-dealkylation sites (tertiary alicyclic amines) is 1. The average Bonchev–Trinajstić information content (AvgIpc) is 3.32. The molecular weight excluding hydrogens is 400 g/mol. The number of aromatic nitrogens is 2. The van der Waals surface area contributed by atoms with Crippen molar-refractivity contribution in [3.05, 3.63) is 52.4 Å². The molecular formula is C22H24N4O3S. The second kappa shape index (κ2) is 8.39. The minimum Gasteiger partial charge on any atom is -0.466 e. The number of hydrogen-bond acceptors (Lipinski definition) is 6. The second-order valence-corrected chi connectivity index (χ2v) is 8.71. The molecule has 1 aliphatic heterocycles. The third-order valence-electron chi connectivity index (χ3n) is 5.24. The fourth-order valence-electron chi connectivity index (χ4n) is 3.81. The molecule has 30 heavy (non-hydrogen) atoms. The summed E-state index contributed by atoms with van der Waals surface area (Å²) >= 11 is 1.51. The number of furan rings is 1. The van der Waals surface area contributed by atoms with E-state index in [1.54, 1.807) is 17.9 Å². The summed E-state index contributed by atoms with van der Waals surface area (Å²) in [5.41, 5.74) is 2.11. The molecule has 1 aliphatic rings. The number of carbonyl (C=O) groups is 2. The van der Waals surface area contributed by atoms with Gasteiger partial charge in [-0.1, -0.05) is 23.5 Å². The van der Waals surface area contributed by atoms with Gasteiger partial charge < -0.3 is 14.6 Å². The number of hydrogen-bond donors (Lipinski definition) is 1. The molecule has 1 aromatic carbocycles. The zero-order valence-corrected chi connectivity index (χ0v) is 18.1. The summed E-state index contributed by atoms with van der Waals surface area (Å²) in [6.07, 6.45) is 2.44. The van der Waals surface area contributed by atoms with Crippen LogP contribution in [0.15, 0.2) is 34.7 Å². The number of benzene rings is 1. The lowest BCUT2D eigenvalue weighted by atomic mass is 10.00. The van der Waals surface area contributed by atoms with E-state index in [9.17, 15) is 9.59 Å². The van der Waals surface area contributed by atoms with Crippen molar-refractivity contribution in [2.75, 3.05) is 11.9 Å². The van der Waals surface area contributed by atoms with Gasteiger partial charge in [-0.15, -0.1) is 10.2 Å². The maximum absolute atomic E-state index is 13.1. The van der Waals surface area contributed by atoms with E-state index >= 15 is 0 Å². The topological polar surface area (TPSA) is 88.3 Å². The van der Waals surface area contributed by atoms with Crippen LogP contribution in [-0.2, 0) is 4.79 Å². The van der Waals surface area contributed by atoms with Crippen LogP contribution in [0.3, 0.4) is 0 Å². The number of piperidine rings is 1. The molecule has 2 amide bonds. The Kier molecular flexibility index (Phi) is 5.67. The average molecular weight is 425 g/mol. The van der Waals surface area contributed by atoms with Crippen molar-refractivity contribution in [3.63, 3.8) is 0 Å². The number of anilines is 1. The van der Waals surface area contributed by atoms with E-state index in [4.69, 9.17) is 4.42 Å². The molecule has 4 rings (SSSR count). The highest BCUT2D eigenvalue weighted by Gasteiger charge is 2.34. The molecule has 3 heterocycles. The van der Waals surface area contributed by atoms with Crippen LogP contribution in [0.5, 0.6) is 0 Å². The van der Waals surface area contributed by atoms with Gasteiger partial charge in [0.05, 0.1) is 5.56 Å². The Bertz CT molecular complexity index is 1090. The lowest BCUT2D eigenvalue weighted by Crippen LogP contribution is -2.50. The number of rotatable bonds is 4. The highest BCUT2D eigenvalue weighted by molar-refractivity contribution is 7.14. The Morgan fingerprint density at radius 2 is 2.00 bits per heavy atom. The van der Waals surface area contributed by atoms with E-state index in [0.717, 1.165) is 28.4 Å². The lowest BCUT2D eigenvalue weighted by molar-refractivity contribution is -0.121. The minimum absolute atomic E-state index is 0.151. The minimum atomic E-state index is -0.506. The van der Waals surface area contributed by atoms with Crippen molar-refractivity contribution in [2.45, 2.75) is 46.1 Å². The van der Waals surface area contributed by atoms with E-state index in [1.165, 1.54) is 11.3 Å². The van der Waals surface area contributed by atoms with E-state index in [0.29, 0.717) is 35.7 Å². The molecule has 8 heteroatoms. The van der Waals surface area contributed by atoms with Crippen LogP contribution in [-0.4, -0.2) is 39.5 Å². The van der Waals surface area contributed by atoms with Gasteiger partial charge in [0.15, 0.2) is 0 Å². The Labute approximate surface area is 179 Å².